The van der Waals surface area contributed by atoms with Crippen LogP contribution in [0.15, 0.2) is 42.6 Å². The van der Waals surface area contributed by atoms with Crippen LogP contribution in [0.3, 0.4) is 0 Å². The lowest BCUT2D eigenvalue weighted by molar-refractivity contribution is 0.0989. The lowest BCUT2D eigenvalue weighted by atomic mass is 10.1. The second-order valence-corrected chi connectivity index (χ2v) is 4.20. The average molecular weight is 262 g/mol. The van der Waals surface area contributed by atoms with Crippen molar-refractivity contribution in [2.75, 3.05) is 7.11 Å². The minimum absolute atomic E-state index is 0.0396. The van der Waals surface area contributed by atoms with Crippen LogP contribution in [-0.4, -0.2) is 17.9 Å². The summed E-state index contributed by atoms with van der Waals surface area (Å²) in [5.74, 6) is 0.450. The number of methoxy groups -OCH3 is 1. The summed E-state index contributed by atoms with van der Waals surface area (Å²) in [5, 5.41) is 0.543. The first-order valence-electron chi connectivity index (χ1n) is 5.47. The fourth-order valence-electron chi connectivity index (χ4n) is 1.66. The molecule has 0 aliphatic rings. The molecule has 18 heavy (non-hydrogen) atoms. The molecule has 0 aliphatic carbocycles. The zero-order valence-electron chi connectivity index (χ0n) is 9.89. The van der Waals surface area contributed by atoms with Crippen molar-refractivity contribution in [3.05, 3.63) is 58.9 Å². The Kier molecular flexibility index (Phi) is 3.95. The lowest BCUT2D eigenvalue weighted by Crippen LogP contribution is -2.06. The highest BCUT2D eigenvalue weighted by molar-refractivity contribution is 6.30. The molecule has 2 rings (SSSR count). The standard InChI is InChI=1S/C14H12ClNO2/c1-18-14-8-10(15)5-6-12(14)13(17)9-11-4-2-3-7-16-11/h2-8H,9H2,1H3. The summed E-state index contributed by atoms with van der Waals surface area (Å²) in [5.41, 5.74) is 1.26. The first-order chi connectivity index (χ1) is 8.70. The number of nitrogens with zero attached hydrogens (tertiary/aromatic N) is 1. The molecule has 0 unspecified atom stereocenters. The highest BCUT2D eigenvalue weighted by Gasteiger charge is 2.13. The van der Waals surface area contributed by atoms with Gasteiger partial charge in [-0.25, -0.2) is 0 Å². The van der Waals surface area contributed by atoms with Crippen molar-refractivity contribution in [3.8, 4) is 5.75 Å². The van der Waals surface area contributed by atoms with Crippen LogP contribution < -0.4 is 4.74 Å². The molecule has 0 N–H and O–H groups in total. The molecular weight excluding hydrogens is 250 g/mol. The van der Waals surface area contributed by atoms with Gasteiger partial charge in [-0.2, -0.15) is 0 Å². The van der Waals surface area contributed by atoms with E-state index >= 15 is 0 Å². The molecular formula is C14H12ClNO2. The summed E-state index contributed by atoms with van der Waals surface area (Å²) in [6.45, 7) is 0. The van der Waals surface area contributed by atoms with Gasteiger partial charge in [0.2, 0.25) is 0 Å². The van der Waals surface area contributed by atoms with E-state index in [2.05, 4.69) is 4.98 Å². The summed E-state index contributed by atoms with van der Waals surface area (Å²) in [7, 11) is 1.52. The molecule has 2 aromatic rings. The van der Waals surface area contributed by atoms with E-state index in [1.165, 1.54) is 7.11 Å². The van der Waals surface area contributed by atoms with Gasteiger partial charge in [-0.1, -0.05) is 17.7 Å². The zero-order valence-corrected chi connectivity index (χ0v) is 10.6. The third-order valence-electron chi connectivity index (χ3n) is 2.53. The van der Waals surface area contributed by atoms with E-state index in [0.29, 0.717) is 16.3 Å². The van der Waals surface area contributed by atoms with Crippen molar-refractivity contribution in [2.45, 2.75) is 6.42 Å². The number of aromatic nitrogens is 1. The highest BCUT2D eigenvalue weighted by atomic mass is 35.5. The quantitative estimate of drug-likeness (QED) is 0.794. The Hall–Kier alpha value is -1.87. The van der Waals surface area contributed by atoms with E-state index in [9.17, 15) is 4.79 Å². The van der Waals surface area contributed by atoms with E-state index in [1.807, 2.05) is 18.2 Å². The maximum atomic E-state index is 12.1. The SMILES string of the molecule is COc1cc(Cl)ccc1C(=O)Cc1ccccn1. The Morgan fingerprint density at radius 3 is 2.83 bits per heavy atom. The van der Waals surface area contributed by atoms with Gasteiger partial charge in [-0.15, -0.1) is 0 Å². The molecule has 4 heteroatoms. The molecule has 0 bridgehead atoms. The summed E-state index contributed by atoms with van der Waals surface area (Å²) >= 11 is 5.86. The number of rotatable bonds is 4. The van der Waals surface area contributed by atoms with E-state index in [-0.39, 0.29) is 12.2 Å². The zero-order chi connectivity index (χ0) is 13.0. The minimum Gasteiger partial charge on any atom is -0.496 e. The van der Waals surface area contributed by atoms with Crippen molar-refractivity contribution in [2.24, 2.45) is 0 Å². The predicted octanol–water partition coefficient (Wildman–Crippen LogP) is 3.17. The van der Waals surface area contributed by atoms with Crippen LogP contribution >= 0.6 is 11.6 Å². The fraction of sp³-hybridized carbons (Fsp3) is 0.143. The number of carbonyl (C=O) groups excluding carboxylic acids is 1. The molecule has 1 heterocycles. The van der Waals surface area contributed by atoms with E-state index in [0.717, 1.165) is 5.69 Å². The first kappa shape index (κ1) is 12.6. The van der Waals surface area contributed by atoms with E-state index in [4.69, 9.17) is 16.3 Å². The summed E-state index contributed by atoms with van der Waals surface area (Å²) < 4.78 is 5.16. The lowest BCUT2D eigenvalue weighted by Gasteiger charge is -2.07. The number of ether oxygens (including phenoxy) is 1. The van der Waals surface area contributed by atoms with Crippen LogP contribution in [0.1, 0.15) is 16.1 Å². The second-order valence-electron chi connectivity index (χ2n) is 3.77. The first-order valence-corrected chi connectivity index (χ1v) is 5.85. The summed E-state index contributed by atoms with van der Waals surface area (Å²) in [6.07, 6.45) is 1.92. The fourth-order valence-corrected chi connectivity index (χ4v) is 1.82. The van der Waals surface area contributed by atoms with Crippen molar-refractivity contribution in [3.63, 3.8) is 0 Å². The number of benzene rings is 1. The molecule has 0 amide bonds. The molecule has 0 fully saturated rings. The number of ketones is 1. The van der Waals surface area contributed by atoms with Crippen molar-refractivity contribution < 1.29 is 9.53 Å². The molecule has 0 saturated carbocycles. The number of carbonyl (C=O) groups is 1. The third kappa shape index (κ3) is 2.87. The van der Waals surface area contributed by atoms with Gasteiger partial charge in [-0.05, 0) is 30.3 Å². The second kappa shape index (κ2) is 5.65. The van der Waals surface area contributed by atoms with Gasteiger partial charge >= 0.3 is 0 Å². The monoisotopic (exact) mass is 261 g/mol. The molecule has 1 aromatic heterocycles. The Labute approximate surface area is 110 Å². The van der Waals surface area contributed by atoms with Crippen LogP contribution in [0, 0.1) is 0 Å². The van der Waals surface area contributed by atoms with Crippen molar-refractivity contribution in [1.29, 1.82) is 0 Å². The van der Waals surface area contributed by atoms with Gasteiger partial charge in [0.25, 0.3) is 0 Å². The predicted molar refractivity (Wildman–Crippen MR) is 70.3 cm³/mol. The third-order valence-corrected chi connectivity index (χ3v) is 2.77. The molecule has 0 saturated heterocycles. The van der Waals surface area contributed by atoms with E-state index in [1.54, 1.807) is 24.4 Å². The number of hydrogen-bond acceptors (Lipinski definition) is 3. The topological polar surface area (TPSA) is 39.2 Å². The Morgan fingerprint density at radius 1 is 1.33 bits per heavy atom. The molecule has 0 atom stereocenters. The average Bonchev–Trinajstić information content (AvgIpc) is 2.39. The Morgan fingerprint density at radius 2 is 2.17 bits per heavy atom. The number of Topliss-reactive ketones (excluding diaryl/α,β-unsaturated/α-hetero) is 1. The van der Waals surface area contributed by atoms with Gasteiger partial charge in [0.1, 0.15) is 5.75 Å². The number of pyridine rings is 1. The smallest absolute Gasteiger partial charge is 0.172 e. The molecule has 92 valence electrons. The number of halogens is 1. The maximum Gasteiger partial charge on any atom is 0.172 e. The van der Waals surface area contributed by atoms with Gasteiger partial charge < -0.3 is 4.74 Å². The van der Waals surface area contributed by atoms with Crippen LogP contribution in [0.25, 0.3) is 0 Å². The molecule has 1 aromatic carbocycles. The minimum atomic E-state index is -0.0396. The Bertz CT molecular complexity index is 555. The molecule has 0 radical (unpaired) electrons. The normalized spacial score (nSPS) is 10.1. The van der Waals surface area contributed by atoms with Crippen molar-refractivity contribution >= 4 is 17.4 Å². The van der Waals surface area contributed by atoms with Crippen molar-refractivity contribution in [1.82, 2.24) is 4.98 Å². The number of hydrogen-bond donors (Lipinski definition) is 0. The maximum absolute atomic E-state index is 12.1. The van der Waals surface area contributed by atoms with Crippen LogP contribution in [0.5, 0.6) is 5.75 Å². The molecule has 0 aliphatic heterocycles. The van der Waals surface area contributed by atoms with Gasteiger partial charge in [0, 0.05) is 16.9 Å². The molecule has 3 nitrogen and oxygen atoms in total. The Balaban J connectivity index is 2.24. The van der Waals surface area contributed by atoms with E-state index < -0.39 is 0 Å². The van der Waals surface area contributed by atoms with Crippen LogP contribution in [0.2, 0.25) is 5.02 Å². The van der Waals surface area contributed by atoms with Crippen LogP contribution in [0.4, 0.5) is 0 Å². The highest BCUT2D eigenvalue weighted by Crippen LogP contribution is 2.24. The largest absolute Gasteiger partial charge is 0.496 e. The molecule has 0 spiro atoms. The summed E-state index contributed by atoms with van der Waals surface area (Å²) in [6, 6.07) is 10.5. The summed E-state index contributed by atoms with van der Waals surface area (Å²) in [4.78, 5) is 16.3. The van der Waals surface area contributed by atoms with Gasteiger partial charge in [-0.3, -0.25) is 9.78 Å². The van der Waals surface area contributed by atoms with Crippen LogP contribution in [-0.2, 0) is 6.42 Å². The van der Waals surface area contributed by atoms with Gasteiger partial charge in [0.15, 0.2) is 5.78 Å². The van der Waals surface area contributed by atoms with Gasteiger partial charge in [0.05, 0.1) is 19.1 Å².